The molecular weight excluding hydrogens is 258 g/mol. The molecule has 1 N–H and O–H groups in total. The van der Waals surface area contributed by atoms with Crippen molar-refractivity contribution in [2.75, 3.05) is 0 Å². The fraction of sp³-hybridized carbons (Fsp3) is 0.267. The molecule has 5 nitrogen and oxygen atoms in total. The first-order valence-electron chi connectivity index (χ1n) is 6.23. The molecule has 1 aromatic rings. The van der Waals surface area contributed by atoms with Crippen LogP contribution in [0.25, 0.3) is 0 Å². The molecule has 0 saturated carbocycles. The summed E-state index contributed by atoms with van der Waals surface area (Å²) in [5.41, 5.74) is 3.33. The molecule has 0 unspecified atom stereocenters. The Labute approximate surface area is 116 Å². The maximum atomic E-state index is 11.6. The molecule has 0 aliphatic carbocycles. The average molecular weight is 273 g/mol. The largest absolute Gasteiger partial charge is 0.461 e. The van der Waals surface area contributed by atoms with Crippen LogP contribution in [0, 0.1) is 13.8 Å². The van der Waals surface area contributed by atoms with E-state index in [0.717, 1.165) is 17.2 Å². The fourth-order valence-electron chi connectivity index (χ4n) is 1.85. The molecule has 1 aliphatic heterocycles. The lowest BCUT2D eigenvalue weighted by Crippen LogP contribution is -2.23. The van der Waals surface area contributed by atoms with Crippen molar-refractivity contribution in [1.82, 2.24) is 5.32 Å². The molecule has 5 heteroatoms. The number of rotatable bonds is 4. The Hall–Kier alpha value is -2.43. The molecule has 0 saturated heterocycles. The Morgan fingerprint density at radius 3 is 2.55 bits per heavy atom. The number of benzene rings is 1. The van der Waals surface area contributed by atoms with E-state index in [2.05, 4.69) is 5.32 Å². The molecule has 0 fully saturated rings. The van der Waals surface area contributed by atoms with Gasteiger partial charge in [-0.15, -0.1) is 0 Å². The molecule has 0 spiro atoms. The van der Waals surface area contributed by atoms with Gasteiger partial charge in [0.15, 0.2) is 0 Å². The zero-order valence-electron chi connectivity index (χ0n) is 11.4. The third kappa shape index (κ3) is 3.32. The number of amides is 2. The van der Waals surface area contributed by atoms with Crippen molar-refractivity contribution in [3.63, 3.8) is 0 Å². The van der Waals surface area contributed by atoms with Gasteiger partial charge in [-0.25, -0.2) is 0 Å². The number of hydrogen-bond acceptors (Lipinski definition) is 4. The van der Waals surface area contributed by atoms with E-state index in [-0.39, 0.29) is 18.6 Å². The molecule has 0 bridgehead atoms. The predicted molar refractivity (Wildman–Crippen MR) is 71.6 cm³/mol. The molecule has 0 radical (unpaired) electrons. The smallest absolute Gasteiger partial charge is 0.310 e. The van der Waals surface area contributed by atoms with E-state index in [9.17, 15) is 14.4 Å². The number of hydrogen-bond donors (Lipinski definition) is 1. The standard InChI is InChI=1S/C15H15NO4/c1-9-3-4-11(5-10(9)2)8-20-14(18)7-12-6-13(17)16-15(12)19/h3-6H,7-8H2,1-2H3,(H,16,17,19). The van der Waals surface area contributed by atoms with Crippen LogP contribution >= 0.6 is 0 Å². The minimum atomic E-state index is -0.530. The normalized spacial score (nSPS) is 14.0. The highest BCUT2D eigenvalue weighted by Gasteiger charge is 2.23. The van der Waals surface area contributed by atoms with Gasteiger partial charge in [0, 0.05) is 11.6 Å². The van der Waals surface area contributed by atoms with E-state index in [0.29, 0.717) is 0 Å². The summed E-state index contributed by atoms with van der Waals surface area (Å²) in [5, 5.41) is 2.08. The molecule has 104 valence electrons. The molecule has 1 aromatic carbocycles. The Balaban J connectivity index is 1.89. The van der Waals surface area contributed by atoms with Gasteiger partial charge in [-0.05, 0) is 30.5 Å². The molecular formula is C15H15NO4. The van der Waals surface area contributed by atoms with E-state index >= 15 is 0 Å². The maximum Gasteiger partial charge on any atom is 0.310 e. The van der Waals surface area contributed by atoms with Crippen LogP contribution in [-0.4, -0.2) is 17.8 Å². The maximum absolute atomic E-state index is 11.6. The molecule has 2 rings (SSSR count). The second-order valence-electron chi connectivity index (χ2n) is 4.74. The summed E-state index contributed by atoms with van der Waals surface area (Å²) in [6.45, 7) is 4.15. The summed E-state index contributed by atoms with van der Waals surface area (Å²) in [6, 6.07) is 5.80. The first-order valence-corrected chi connectivity index (χ1v) is 6.23. The minimum absolute atomic E-state index is 0.139. The van der Waals surface area contributed by atoms with E-state index < -0.39 is 17.8 Å². The third-order valence-corrected chi connectivity index (χ3v) is 3.14. The minimum Gasteiger partial charge on any atom is -0.461 e. The fourth-order valence-corrected chi connectivity index (χ4v) is 1.85. The highest BCUT2D eigenvalue weighted by molar-refractivity contribution is 6.17. The number of aryl methyl sites for hydroxylation is 2. The van der Waals surface area contributed by atoms with E-state index in [1.165, 1.54) is 5.56 Å². The number of imide groups is 1. The van der Waals surface area contributed by atoms with Gasteiger partial charge in [0.25, 0.3) is 11.8 Å². The lowest BCUT2D eigenvalue weighted by atomic mass is 10.1. The zero-order chi connectivity index (χ0) is 14.7. The van der Waals surface area contributed by atoms with Crippen molar-refractivity contribution >= 4 is 17.8 Å². The average Bonchev–Trinajstić information content (AvgIpc) is 2.69. The van der Waals surface area contributed by atoms with Crippen LogP contribution in [0.1, 0.15) is 23.1 Å². The number of ether oxygens (including phenoxy) is 1. The third-order valence-electron chi connectivity index (χ3n) is 3.14. The topological polar surface area (TPSA) is 72.5 Å². The summed E-state index contributed by atoms with van der Waals surface area (Å²) in [5.74, 6) is -1.55. The SMILES string of the molecule is Cc1ccc(COC(=O)CC2=CC(=O)NC2=O)cc1C. The summed E-state index contributed by atoms with van der Waals surface area (Å²) in [6.07, 6.45) is 0.933. The molecule has 0 atom stereocenters. The summed E-state index contributed by atoms with van der Waals surface area (Å²) in [4.78, 5) is 33.8. The quantitative estimate of drug-likeness (QED) is 0.663. The van der Waals surface area contributed by atoms with Gasteiger partial charge in [-0.2, -0.15) is 0 Å². The number of carbonyl (C=O) groups excluding carboxylic acids is 3. The van der Waals surface area contributed by atoms with Gasteiger partial charge < -0.3 is 4.74 Å². The van der Waals surface area contributed by atoms with Crippen molar-refractivity contribution in [3.05, 3.63) is 46.5 Å². The molecule has 20 heavy (non-hydrogen) atoms. The highest BCUT2D eigenvalue weighted by Crippen LogP contribution is 2.13. The summed E-state index contributed by atoms with van der Waals surface area (Å²) >= 11 is 0. The van der Waals surface area contributed by atoms with E-state index in [1.54, 1.807) is 0 Å². The van der Waals surface area contributed by atoms with Gasteiger partial charge in [0.2, 0.25) is 0 Å². The first kappa shape index (κ1) is 14.0. The Morgan fingerprint density at radius 1 is 1.20 bits per heavy atom. The molecule has 1 aliphatic rings. The van der Waals surface area contributed by atoms with Crippen LogP contribution in [0.3, 0.4) is 0 Å². The number of nitrogens with one attached hydrogen (secondary N) is 1. The van der Waals surface area contributed by atoms with Crippen LogP contribution in [-0.2, 0) is 25.7 Å². The van der Waals surface area contributed by atoms with Gasteiger partial charge in [0.05, 0.1) is 6.42 Å². The van der Waals surface area contributed by atoms with Gasteiger partial charge in [-0.3, -0.25) is 19.7 Å². The monoisotopic (exact) mass is 273 g/mol. The first-order chi connectivity index (χ1) is 9.45. The summed E-state index contributed by atoms with van der Waals surface area (Å²) < 4.78 is 5.10. The molecule has 1 heterocycles. The van der Waals surface area contributed by atoms with Gasteiger partial charge in [0.1, 0.15) is 6.61 Å². The second-order valence-corrected chi connectivity index (χ2v) is 4.74. The Kier molecular flexibility index (Phi) is 3.98. The number of esters is 1. The van der Waals surface area contributed by atoms with Crippen molar-refractivity contribution in [3.8, 4) is 0 Å². The molecule has 0 aromatic heterocycles. The van der Waals surface area contributed by atoms with Gasteiger partial charge in [-0.1, -0.05) is 18.2 Å². The second kappa shape index (κ2) is 5.69. The Morgan fingerprint density at radius 2 is 1.95 bits per heavy atom. The zero-order valence-corrected chi connectivity index (χ0v) is 11.4. The van der Waals surface area contributed by atoms with Crippen molar-refractivity contribution in [2.24, 2.45) is 0 Å². The summed E-state index contributed by atoms with van der Waals surface area (Å²) in [7, 11) is 0. The van der Waals surface area contributed by atoms with Crippen molar-refractivity contribution in [2.45, 2.75) is 26.9 Å². The Bertz CT molecular complexity index is 616. The number of carbonyl (C=O) groups is 3. The van der Waals surface area contributed by atoms with Crippen molar-refractivity contribution < 1.29 is 19.1 Å². The van der Waals surface area contributed by atoms with Crippen LogP contribution < -0.4 is 5.32 Å². The van der Waals surface area contributed by atoms with Crippen LogP contribution in [0.15, 0.2) is 29.8 Å². The van der Waals surface area contributed by atoms with Crippen LogP contribution in [0.5, 0.6) is 0 Å². The van der Waals surface area contributed by atoms with E-state index in [4.69, 9.17) is 4.74 Å². The molecule has 2 amide bonds. The van der Waals surface area contributed by atoms with Gasteiger partial charge >= 0.3 is 5.97 Å². The van der Waals surface area contributed by atoms with Crippen molar-refractivity contribution in [1.29, 1.82) is 0 Å². The predicted octanol–water partition coefficient (Wildman–Crippen LogP) is 1.32. The highest BCUT2D eigenvalue weighted by atomic mass is 16.5. The lowest BCUT2D eigenvalue weighted by molar-refractivity contribution is -0.144. The lowest BCUT2D eigenvalue weighted by Gasteiger charge is -2.07. The van der Waals surface area contributed by atoms with E-state index in [1.807, 2.05) is 32.0 Å². The van der Waals surface area contributed by atoms with Crippen LogP contribution in [0.2, 0.25) is 0 Å². The van der Waals surface area contributed by atoms with Crippen LogP contribution in [0.4, 0.5) is 0 Å².